The lowest BCUT2D eigenvalue weighted by molar-refractivity contribution is -0.134. The molecule has 0 radical (unpaired) electrons. The zero-order valence-electron chi connectivity index (χ0n) is 23.2. The molecule has 3 rings (SSSR count). The van der Waals surface area contributed by atoms with Crippen LogP contribution in [0.4, 0.5) is 5.69 Å². The molecule has 230 valence electrons. The number of nitrogen functional groups attached to an aromatic ring is 1. The number of primary amides is 1. The van der Waals surface area contributed by atoms with Gasteiger partial charge in [-0.2, -0.15) is 0 Å². The molecule has 12 nitrogen and oxygen atoms in total. The lowest BCUT2D eigenvalue weighted by Crippen LogP contribution is -2.40. The number of amidine groups is 2. The first-order chi connectivity index (χ1) is 18.8. The van der Waals surface area contributed by atoms with Gasteiger partial charge in [-0.1, -0.05) is 30.4 Å². The molecule has 0 spiro atoms. The number of hydrogen-bond donors (Lipinski definition) is 5. The van der Waals surface area contributed by atoms with Crippen molar-refractivity contribution in [3.63, 3.8) is 0 Å². The second kappa shape index (κ2) is 15.4. The largest absolute Gasteiger partial charge is 0.489 e. The summed E-state index contributed by atoms with van der Waals surface area (Å²) in [5, 5.41) is 24.6. The van der Waals surface area contributed by atoms with Gasteiger partial charge in [-0.3, -0.25) is 24.7 Å². The molecule has 15 heteroatoms. The van der Waals surface area contributed by atoms with E-state index >= 15 is 0 Å². The first-order valence-electron chi connectivity index (χ1n) is 12.5. The van der Waals surface area contributed by atoms with E-state index < -0.39 is 27.7 Å². The molecule has 2 aromatic carbocycles. The smallest absolute Gasteiger partial charge is 0.320 e. The molecular weight excluding hydrogens is 607 g/mol. The Kier molecular flexibility index (Phi) is 13.3. The fourth-order valence-electron chi connectivity index (χ4n) is 4.41. The van der Waals surface area contributed by atoms with E-state index in [0.29, 0.717) is 48.5 Å². The van der Waals surface area contributed by atoms with Crippen molar-refractivity contribution in [2.75, 3.05) is 29.7 Å². The van der Waals surface area contributed by atoms with Crippen molar-refractivity contribution in [3.05, 3.63) is 64.7 Å². The van der Waals surface area contributed by atoms with Gasteiger partial charge in [0.15, 0.2) is 5.75 Å². The van der Waals surface area contributed by atoms with Crippen LogP contribution in [0.1, 0.15) is 46.8 Å². The lowest BCUT2D eigenvalue weighted by Gasteiger charge is -2.33. The van der Waals surface area contributed by atoms with Crippen molar-refractivity contribution in [1.82, 2.24) is 4.90 Å². The number of hydrogen-bond acceptors (Lipinski definition) is 7. The number of sulfonamides is 1. The number of carbonyl (C=O) groups is 2. The average Bonchev–Trinajstić information content (AvgIpc) is 2.86. The molecule has 2 aromatic rings. The number of rotatable bonds is 11. The number of ether oxygens (including phenoxy) is 1. The highest BCUT2D eigenvalue weighted by atomic mass is 35.5. The van der Waals surface area contributed by atoms with Gasteiger partial charge in [-0.15, -0.1) is 24.8 Å². The minimum absolute atomic E-state index is 0. The van der Waals surface area contributed by atoms with Crippen LogP contribution in [0, 0.1) is 17.7 Å². The lowest BCUT2D eigenvalue weighted by atomic mass is 10.1. The van der Waals surface area contributed by atoms with Crippen LogP contribution in [-0.4, -0.2) is 73.5 Å². The van der Waals surface area contributed by atoms with Crippen LogP contribution in [0.2, 0.25) is 0 Å². The number of benzene rings is 2. The summed E-state index contributed by atoms with van der Waals surface area (Å²) in [5.41, 5.74) is 12.8. The Hall–Kier alpha value is -3.81. The van der Waals surface area contributed by atoms with Crippen molar-refractivity contribution >= 4 is 70.1 Å². The van der Waals surface area contributed by atoms with E-state index in [1.54, 1.807) is 44.2 Å². The highest BCUT2D eigenvalue weighted by Gasteiger charge is 2.29. The summed E-state index contributed by atoms with van der Waals surface area (Å²) in [6.07, 6.45) is 4.19. The molecule has 0 aromatic heterocycles. The normalized spacial score (nSPS) is 13.5. The maximum Gasteiger partial charge on any atom is 0.320 e. The van der Waals surface area contributed by atoms with E-state index in [1.807, 2.05) is 4.90 Å². The molecule has 0 bridgehead atoms. The number of anilines is 1. The van der Waals surface area contributed by atoms with Gasteiger partial charge in [-0.25, -0.2) is 8.42 Å². The molecule has 0 atom stereocenters. The number of likely N-dealkylation sites (tertiary alicyclic amines) is 1. The number of amides is 1. The quantitative estimate of drug-likeness (QED) is 0.181. The zero-order chi connectivity index (χ0) is 29.6. The second-order valence-electron chi connectivity index (χ2n) is 9.51. The monoisotopic (exact) mass is 642 g/mol. The standard InChI is InChI=1S/C27H34N6O6S.2ClH/c1-17-13-24(39-21-8-11-32(12-9-21)18(2)28)22(27(31)36)15-23(17)33(40(37,38)16-25(34)35)10-4-6-19-5-3-7-20(14-19)26(29)30;;/h3-7,13-15,21,28H,8-12,16H2,1-2H3,(H3,29,30)(H2,31,36)(H,34,35);2*1H/b6-4+,28-18?;;. The first kappa shape index (κ1) is 36.2. The van der Waals surface area contributed by atoms with Crippen LogP contribution in [0.3, 0.4) is 0 Å². The molecule has 1 heterocycles. The number of halogens is 2. The fourth-order valence-corrected chi connectivity index (χ4v) is 5.68. The van der Waals surface area contributed by atoms with Crippen LogP contribution < -0.4 is 20.5 Å². The third-order valence-corrected chi connectivity index (χ3v) is 8.09. The number of aryl methyl sites for hydroxylation is 1. The number of aliphatic carboxylic acids is 1. The predicted octanol–water partition coefficient (Wildman–Crippen LogP) is 3.00. The van der Waals surface area contributed by atoms with Crippen LogP contribution in [0.5, 0.6) is 5.75 Å². The Morgan fingerprint density at radius 3 is 2.33 bits per heavy atom. The zero-order valence-corrected chi connectivity index (χ0v) is 25.7. The Bertz CT molecular complexity index is 1460. The predicted molar refractivity (Wildman–Crippen MR) is 168 cm³/mol. The first-order valence-corrected chi connectivity index (χ1v) is 14.1. The van der Waals surface area contributed by atoms with Crippen LogP contribution in [-0.2, 0) is 14.8 Å². The number of carboxylic acids is 1. The summed E-state index contributed by atoms with van der Waals surface area (Å²) in [6.45, 7) is 4.38. The summed E-state index contributed by atoms with van der Waals surface area (Å²) in [5.74, 6) is -2.94. The Labute approximate surface area is 257 Å². The molecule has 0 saturated carbocycles. The summed E-state index contributed by atoms with van der Waals surface area (Å²) in [4.78, 5) is 25.7. The summed E-state index contributed by atoms with van der Waals surface area (Å²) >= 11 is 0. The third kappa shape index (κ3) is 9.36. The van der Waals surface area contributed by atoms with Gasteiger partial charge >= 0.3 is 5.97 Å². The van der Waals surface area contributed by atoms with E-state index in [0.717, 1.165) is 4.31 Å². The highest BCUT2D eigenvalue weighted by molar-refractivity contribution is 7.93. The highest BCUT2D eigenvalue weighted by Crippen LogP contribution is 2.33. The molecule has 1 amide bonds. The Balaban J connectivity index is 0.00000441. The number of carboxylic acid groups (broad SMARTS) is 1. The second-order valence-corrected chi connectivity index (χ2v) is 11.4. The van der Waals surface area contributed by atoms with Crippen molar-refractivity contribution in [1.29, 1.82) is 10.8 Å². The van der Waals surface area contributed by atoms with Gasteiger partial charge in [0.05, 0.1) is 23.6 Å². The maximum absolute atomic E-state index is 13.1. The molecule has 0 unspecified atom stereocenters. The van der Waals surface area contributed by atoms with Crippen molar-refractivity contribution in [2.24, 2.45) is 11.5 Å². The summed E-state index contributed by atoms with van der Waals surface area (Å²) in [6, 6.07) is 9.62. The summed E-state index contributed by atoms with van der Waals surface area (Å²) in [7, 11) is -4.36. The van der Waals surface area contributed by atoms with Crippen molar-refractivity contribution < 1.29 is 27.9 Å². The van der Waals surface area contributed by atoms with Crippen LogP contribution in [0.15, 0.2) is 42.5 Å². The third-order valence-electron chi connectivity index (χ3n) is 6.46. The van der Waals surface area contributed by atoms with E-state index in [1.165, 1.54) is 18.2 Å². The number of piperidine rings is 1. The molecule has 0 aliphatic carbocycles. The number of nitrogens with one attached hydrogen (secondary N) is 2. The molecule has 42 heavy (non-hydrogen) atoms. The van der Waals surface area contributed by atoms with Crippen molar-refractivity contribution in [2.45, 2.75) is 32.8 Å². The molecule has 1 saturated heterocycles. The minimum Gasteiger partial charge on any atom is -0.489 e. The van der Waals surface area contributed by atoms with Gasteiger partial charge in [0.25, 0.3) is 5.91 Å². The SMILES string of the molecule is CC(=N)N1CCC(Oc2cc(C)c(N(C/C=C/c3cccc(C(=N)N)c3)S(=O)(=O)CC(=O)O)cc2C(N)=O)CC1.Cl.Cl. The Morgan fingerprint density at radius 2 is 1.79 bits per heavy atom. The molecule has 1 aliphatic heterocycles. The number of nitrogens with two attached hydrogens (primary N) is 2. The fraction of sp³-hybridized carbons (Fsp3) is 0.333. The van der Waals surface area contributed by atoms with Gasteiger partial charge in [-0.05, 0) is 43.2 Å². The molecular formula is C27H36Cl2N6O6S. The van der Waals surface area contributed by atoms with Gasteiger partial charge in [0.2, 0.25) is 10.0 Å². The number of nitrogens with zero attached hydrogens (tertiary/aromatic N) is 2. The topological polar surface area (TPSA) is 204 Å². The van der Waals surface area contributed by atoms with Gasteiger partial charge in [0, 0.05) is 31.5 Å². The summed E-state index contributed by atoms with van der Waals surface area (Å²) < 4.78 is 33.3. The van der Waals surface area contributed by atoms with E-state index in [-0.39, 0.29) is 60.3 Å². The Morgan fingerprint density at radius 1 is 1.14 bits per heavy atom. The van der Waals surface area contributed by atoms with E-state index in [9.17, 15) is 23.1 Å². The van der Waals surface area contributed by atoms with Crippen molar-refractivity contribution in [3.8, 4) is 5.75 Å². The number of carbonyl (C=O) groups excluding carboxylic acids is 1. The molecule has 1 fully saturated rings. The molecule has 7 N–H and O–H groups in total. The van der Waals surface area contributed by atoms with Crippen LogP contribution in [0.25, 0.3) is 6.08 Å². The van der Waals surface area contributed by atoms with Gasteiger partial charge in [0.1, 0.15) is 17.7 Å². The minimum atomic E-state index is -4.36. The maximum atomic E-state index is 13.1. The van der Waals surface area contributed by atoms with E-state index in [4.69, 9.17) is 27.0 Å². The average molecular weight is 644 g/mol. The molecule has 1 aliphatic rings. The van der Waals surface area contributed by atoms with E-state index in [2.05, 4.69) is 0 Å². The van der Waals surface area contributed by atoms with Crippen LogP contribution >= 0.6 is 24.8 Å². The van der Waals surface area contributed by atoms with Gasteiger partial charge < -0.3 is 26.2 Å².